The third kappa shape index (κ3) is 3.95. The highest BCUT2D eigenvalue weighted by Gasteiger charge is 2.36. The van der Waals surface area contributed by atoms with Crippen LogP contribution >= 0.6 is 0 Å². The van der Waals surface area contributed by atoms with Crippen LogP contribution in [0.1, 0.15) is 19.4 Å². The monoisotopic (exact) mass is 307 g/mol. The van der Waals surface area contributed by atoms with Gasteiger partial charge in [0.1, 0.15) is 5.41 Å². The summed E-state index contributed by atoms with van der Waals surface area (Å²) in [6.07, 6.45) is 0. The highest BCUT2D eigenvalue weighted by atomic mass is 16.2. The van der Waals surface area contributed by atoms with Crippen molar-refractivity contribution >= 4 is 23.2 Å². The lowest BCUT2D eigenvalue weighted by atomic mass is 9.90. The highest BCUT2D eigenvalue weighted by Crippen LogP contribution is 2.22. The van der Waals surface area contributed by atoms with Gasteiger partial charge in [0.05, 0.1) is 11.6 Å². The Morgan fingerprint density at radius 1 is 0.913 bits per heavy atom. The molecule has 2 N–H and O–H groups in total. The van der Waals surface area contributed by atoms with Crippen LogP contribution in [0.25, 0.3) is 0 Å². The zero-order chi connectivity index (χ0) is 16.9. The van der Waals surface area contributed by atoms with Crippen LogP contribution in [0.4, 0.5) is 11.4 Å². The number of nitriles is 1. The van der Waals surface area contributed by atoms with Gasteiger partial charge in [-0.15, -0.1) is 0 Å². The summed E-state index contributed by atoms with van der Waals surface area (Å²) in [5, 5.41) is 14.3. The van der Waals surface area contributed by atoms with Gasteiger partial charge in [-0.2, -0.15) is 5.26 Å². The summed E-state index contributed by atoms with van der Waals surface area (Å²) in [5.74, 6) is -0.848. The van der Waals surface area contributed by atoms with Gasteiger partial charge in [0, 0.05) is 11.4 Å². The third-order valence-corrected chi connectivity index (χ3v) is 3.42. The van der Waals surface area contributed by atoms with E-state index in [9.17, 15) is 9.59 Å². The molecule has 0 aliphatic rings. The molecule has 2 aromatic carbocycles. The van der Waals surface area contributed by atoms with E-state index in [0.717, 1.165) is 0 Å². The number of anilines is 2. The number of carbonyl (C=O) groups is 2. The maximum atomic E-state index is 12.4. The summed E-state index contributed by atoms with van der Waals surface area (Å²) >= 11 is 0. The minimum Gasteiger partial charge on any atom is -0.325 e. The van der Waals surface area contributed by atoms with E-state index in [2.05, 4.69) is 10.6 Å². The minimum absolute atomic E-state index is 0.405. The molecule has 5 heteroatoms. The molecule has 2 amide bonds. The van der Waals surface area contributed by atoms with Gasteiger partial charge in [-0.05, 0) is 44.2 Å². The molecule has 0 atom stereocenters. The van der Waals surface area contributed by atoms with Crippen LogP contribution in [0, 0.1) is 16.7 Å². The van der Waals surface area contributed by atoms with Crippen LogP contribution in [0.5, 0.6) is 0 Å². The van der Waals surface area contributed by atoms with Gasteiger partial charge >= 0.3 is 0 Å². The van der Waals surface area contributed by atoms with Crippen LogP contribution in [0.15, 0.2) is 54.6 Å². The largest absolute Gasteiger partial charge is 0.325 e. The van der Waals surface area contributed by atoms with Crippen molar-refractivity contribution < 1.29 is 9.59 Å². The molecule has 116 valence electrons. The molecule has 0 heterocycles. The fourth-order valence-corrected chi connectivity index (χ4v) is 1.87. The van der Waals surface area contributed by atoms with Gasteiger partial charge in [0.15, 0.2) is 0 Å². The van der Waals surface area contributed by atoms with Gasteiger partial charge in [-0.3, -0.25) is 9.59 Å². The Balaban J connectivity index is 2.10. The highest BCUT2D eigenvalue weighted by molar-refractivity contribution is 6.14. The number of hydrogen-bond donors (Lipinski definition) is 2. The SMILES string of the molecule is CC(C)(C(=O)Nc1ccccc1)C(=O)Nc1cccc(C#N)c1. The van der Waals surface area contributed by atoms with Crippen LogP contribution < -0.4 is 10.6 Å². The fourth-order valence-electron chi connectivity index (χ4n) is 1.87. The van der Waals surface area contributed by atoms with Crippen LogP contribution in [0.2, 0.25) is 0 Å². The van der Waals surface area contributed by atoms with Crippen molar-refractivity contribution in [3.8, 4) is 6.07 Å². The van der Waals surface area contributed by atoms with E-state index in [1.807, 2.05) is 12.1 Å². The van der Waals surface area contributed by atoms with Crippen LogP contribution in [-0.4, -0.2) is 11.8 Å². The lowest BCUT2D eigenvalue weighted by molar-refractivity contribution is -0.135. The molecule has 2 rings (SSSR count). The second kappa shape index (κ2) is 6.75. The lowest BCUT2D eigenvalue weighted by Gasteiger charge is -2.22. The standard InChI is InChI=1S/C18H17N3O2/c1-18(2,16(22)20-14-8-4-3-5-9-14)17(23)21-15-10-6-7-13(11-15)12-19/h3-11H,1-2H3,(H,20,22)(H,21,23). The normalized spacial score (nSPS) is 10.5. The van der Waals surface area contributed by atoms with Crippen molar-refractivity contribution in [2.24, 2.45) is 5.41 Å². The van der Waals surface area contributed by atoms with Crippen molar-refractivity contribution in [3.63, 3.8) is 0 Å². The van der Waals surface area contributed by atoms with E-state index >= 15 is 0 Å². The second-order valence-electron chi connectivity index (χ2n) is 5.59. The number of nitrogens with one attached hydrogen (secondary N) is 2. The van der Waals surface area contributed by atoms with Gasteiger partial charge in [-0.1, -0.05) is 24.3 Å². The number of carbonyl (C=O) groups excluding carboxylic acids is 2. The van der Waals surface area contributed by atoms with E-state index < -0.39 is 17.2 Å². The van der Waals surface area contributed by atoms with Gasteiger partial charge in [0.2, 0.25) is 11.8 Å². The molecule has 23 heavy (non-hydrogen) atoms. The summed E-state index contributed by atoms with van der Waals surface area (Å²) < 4.78 is 0. The molecule has 0 bridgehead atoms. The van der Waals surface area contributed by atoms with E-state index in [1.165, 1.54) is 0 Å². The first-order valence-electron chi connectivity index (χ1n) is 7.11. The van der Waals surface area contributed by atoms with Crippen LogP contribution in [-0.2, 0) is 9.59 Å². The van der Waals surface area contributed by atoms with E-state index in [1.54, 1.807) is 62.4 Å². The minimum atomic E-state index is -1.27. The topological polar surface area (TPSA) is 82.0 Å². The number of para-hydroxylation sites is 1. The molecule has 0 radical (unpaired) electrons. The van der Waals surface area contributed by atoms with Crippen molar-refractivity contribution in [3.05, 3.63) is 60.2 Å². The second-order valence-corrected chi connectivity index (χ2v) is 5.59. The Morgan fingerprint density at radius 2 is 1.48 bits per heavy atom. The number of benzene rings is 2. The Bertz CT molecular complexity index is 761. The molecule has 0 aromatic heterocycles. The predicted molar refractivity (Wildman–Crippen MR) is 88.6 cm³/mol. The molecule has 0 unspecified atom stereocenters. The Labute approximate surface area is 134 Å². The fraction of sp³-hybridized carbons (Fsp3) is 0.167. The van der Waals surface area contributed by atoms with Crippen molar-refractivity contribution in [1.29, 1.82) is 5.26 Å². The maximum Gasteiger partial charge on any atom is 0.239 e. The average Bonchev–Trinajstić information content (AvgIpc) is 2.55. The molecule has 0 fully saturated rings. The maximum absolute atomic E-state index is 12.4. The molecular weight excluding hydrogens is 290 g/mol. The Hall–Kier alpha value is -3.13. The van der Waals surface area contributed by atoms with Crippen molar-refractivity contribution in [2.45, 2.75) is 13.8 Å². The predicted octanol–water partition coefficient (Wildman–Crippen LogP) is 3.16. The third-order valence-electron chi connectivity index (χ3n) is 3.42. The average molecular weight is 307 g/mol. The van der Waals surface area contributed by atoms with Crippen LogP contribution in [0.3, 0.4) is 0 Å². The van der Waals surface area contributed by atoms with Crippen molar-refractivity contribution in [1.82, 2.24) is 0 Å². The molecular formula is C18H17N3O2. The zero-order valence-electron chi connectivity index (χ0n) is 13.0. The summed E-state index contributed by atoms with van der Waals surface area (Å²) in [6.45, 7) is 3.10. The Morgan fingerprint density at radius 3 is 2.09 bits per heavy atom. The van der Waals surface area contributed by atoms with Crippen molar-refractivity contribution in [2.75, 3.05) is 10.6 Å². The smallest absolute Gasteiger partial charge is 0.239 e. The first-order chi connectivity index (χ1) is 10.9. The number of nitrogens with zero attached hydrogens (tertiary/aromatic N) is 1. The van der Waals surface area contributed by atoms with E-state index in [0.29, 0.717) is 16.9 Å². The molecule has 0 saturated carbocycles. The summed E-state index contributed by atoms with van der Waals surface area (Å²) in [7, 11) is 0. The summed E-state index contributed by atoms with van der Waals surface area (Å²) in [4.78, 5) is 24.8. The zero-order valence-corrected chi connectivity index (χ0v) is 13.0. The molecule has 0 spiro atoms. The van der Waals surface area contributed by atoms with E-state index in [-0.39, 0.29) is 0 Å². The lowest BCUT2D eigenvalue weighted by Crippen LogP contribution is -2.41. The molecule has 0 aliphatic carbocycles. The quantitative estimate of drug-likeness (QED) is 0.851. The van der Waals surface area contributed by atoms with Gasteiger partial charge < -0.3 is 10.6 Å². The van der Waals surface area contributed by atoms with E-state index in [4.69, 9.17) is 5.26 Å². The molecule has 5 nitrogen and oxygen atoms in total. The summed E-state index contributed by atoms with van der Waals surface area (Å²) in [5.41, 5.74) is 0.284. The molecule has 0 saturated heterocycles. The molecule has 2 aromatic rings. The molecule has 0 aliphatic heterocycles. The number of hydrogen-bond acceptors (Lipinski definition) is 3. The number of rotatable bonds is 4. The van der Waals surface area contributed by atoms with Gasteiger partial charge in [-0.25, -0.2) is 0 Å². The number of amides is 2. The first kappa shape index (κ1) is 16.2. The van der Waals surface area contributed by atoms with Gasteiger partial charge in [0.25, 0.3) is 0 Å². The first-order valence-corrected chi connectivity index (χ1v) is 7.11. The Kier molecular flexibility index (Phi) is 4.77. The summed E-state index contributed by atoms with van der Waals surface area (Å²) in [6, 6.07) is 17.5.